The highest BCUT2D eigenvalue weighted by molar-refractivity contribution is 14.1. The molecule has 2 N–H and O–H groups in total. The maximum Gasteiger partial charge on any atom is 0.315 e. The van der Waals surface area contributed by atoms with Gasteiger partial charge in [0.2, 0.25) is 0 Å². The van der Waals surface area contributed by atoms with E-state index in [1.54, 1.807) is 12.1 Å². The van der Waals surface area contributed by atoms with Crippen LogP contribution in [0.15, 0.2) is 47.4 Å². The van der Waals surface area contributed by atoms with Gasteiger partial charge in [-0.1, -0.05) is 11.2 Å². The van der Waals surface area contributed by atoms with Crippen LogP contribution in [0.25, 0.3) is 11.5 Å². The third-order valence-electron chi connectivity index (χ3n) is 3.34. The van der Waals surface area contributed by atoms with Crippen LogP contribution in [0.1, 0.15) is 1.43 Å². The molecule has 3 aromatic rings. The minimum Gasteiger partial charge on any atom is -0.403 e. The molecule has 0 unspecified atom stereocenters. The molecule has 0 bridgehead atoms. The molecule has 1 aromatic heterocycles. The Morgan fingerprint density at radius 3 is 2.69 bits per heavy atom. The van der Waals surface area contributed by atoms with E-state index in [0.29, 0.717) is 10.1 Å². The smallest absolute Gasteiger partial charge is 0.315 e. The summed E-state index contributed by atoms with van der Waals surface area (Å²) in [6.45, 7) is 3.93. The molecule has 9 heteroatoms. The lowest BCUT2D eigenvalue weighted by atomic mass is 10.1. The molecule has 3 rings (SSSR count). The molecular weight excluding hydrogens is 460 g/mol. The Labute approximate surface area is 161 Å². The second-order valence-corrected chi connectivity index (χ2v) is 6.36. The van der Waals surface area contributed by atoms with Gasteiger partial charge < -0.3 is 15.1 Å². The van der Waals surface area contributed by atoms with Gasteiger partial charge in [0, 0.05) is 11.5 Å². The van der Waals surface area contributed by atoms with Gasteiger partial charge in [-0.15, -0.1) is 11.7 Å². The predicted molar refractivity (Wildman–Crippen MR) is 103 cm³/mol. The zero-order valence-electron chi connectivity index (χ0n) is 13.2. The van der Waals surface area contributed by atoms with E-state index in [1.807, 2.05) is 22.6 Å². The quantitative estimate of drug-likeness (QED) is 0.372. The Balaban J connectivity index is 0.00000261. The highest BCUT2D eigenvalue weighted by Crippen LogP contribution is 2.34. The molecule has 0 saturated carbocycles. The van der Waals surface area contributed by atoms with Crippen molar-refractivity contribution in [2.75, 3.05) is 17.2 Å². The first-order valence-corrected chi connectivity index (χ1v) is 8.46. The number of rotatable bonds is 6. The Bertz CT molecular complexity index is 967. The van der Waals surface area contributed by atoms with E-state index in [0.717, 1.165) is 6.07 Å². The summed E-state index contributed by atoms with van der Waals surface area (Å²) in [6.07, 6.45) is 1.59. The number of halogens is 4. The molecule has 0 spiro atoms. The number of nitrogens with one attached hydrogen (secondary N) is 2. The lowest BCUT2D eigenvalue weighted by molar-refractivity contribution is 0.511. The van der Waals surface area contributed by atoms with Crippen molar-refractivity contribution in [2.24, 2.45) is 0 Å². The van der Waals surface area contributed by atoms with E-state index in [9.17, 15) is 13.2 Å². The van der Waals surface area contributed by atoms with Gasteiger partial charge >= 0.3 is 6.01 Å². The second kappa shape index (κ2) is 7.77. The van der Waals surface area contributed by atoms with Gasteiger partial charge in [-0.3, -0.25) is 0 Å². The maximum atomic E-state index is 14.4. The first-order chi connectivity index (χ1) is 12.5. The molecule has 136 valence electrons. The van der Waals surface area contributed by atoms with Crippen molar-refractivity contribution in [3.05, 3.63) is 64.0 Å². The normalized spacial score (nSPS) is 10.6. The highest BCUT2D eigenvalue weighted by atomic mass is 127. The topological polar surface area (TPSA) is 63.0 Å². The molecule has 2 aromatic carbocycles. The first kappa shape index (κ1) is 18.2. The number of hydrogen-bond donors (Lipinski definition) is 2. The van der Waals surface area contributed by atoms with Gasteiger partial charge in [-0.2, -0.15) is 0 Å². The van der Waals surface area contributed by atoms with E-state index >= 15 is 0 Å². The Morgan fingerprint density at radius 1 is 1.15 bits per heavy atom. The molecule has 5 nitrogen and oxygen atoms in total. The van der Waals surface area contributed by atoms with Crippen LogP contribution in [0.4, 0.5) is 30.6 Å². The van der Waals surface area contributed by atoms with E-state index in [2.05, 4.69) is 27.4 Å². The number of aromatic nitrogens is 2. The summed E-state index contributed by atoms with van der Waals surface area (Å²) in [5.41, 5.74) is -0.217. The van der Waals surface area contributed by atoms with Crippen molar-refractivity contribution in [1.29, 1.82) is 0 Å². The maximum absolute atomic E-state index is 14.4. The molecule has 0 fully saturated rings. The molecule has 0 atom stereocenters. The molecule has 0 saturated heterocycles. The molecule has 0 aliphatic heterocycles. The molecule has 0 radical (unpaired) electrons. The van der Waals surface area contributed by atoms with Crippen molar-refractivity contribution in [1.82, 2.24) is 10.2 Å². The van der Waals surface area contributed by atoms with E-state index in [4.69, 9.17) is 4.42 Å². The summed E-state index contributed by atoms with van der Waals surface area (Å²) >= 11 is 1.95. The van der Waals surface area contributed by atoms with E-state index in [1.165, 1.54) is 18.2 Å². The lowest BCUT2D eigenvalue weighted by Gasteiger charge is -2.12. The number of hydrogen-bond acceptors (Lipinski definition) is 5. The van der Waals surface area contributed by atoms with Crippen molar-refractivity contribution < 1.29 is 19.0 Å². The molecule has 1 heterocycles. The van der Waals surface area contributed by atoms with Crippen molar-refractivity contribution in [3.8, 4) is 11.5 Å². The Hall–Kier alpha value is -2.56. The molecule has 0 aliphatic rings. The largest absolute Gasteiger partial charge is 0.403 e. The summed E-state index contributed by atoms with van der Waals surface area (Å²) in [4.78, 5) is 0. The summed E-state index contributed by atoms with van der Waals surface area (Å²) < 4.78 is 48.2. The minimum absolute atomic E-state index is 0. The number of anilines is 3. The van der Waals surface area contributed by atoms with E-state index < -0.39 is 17.5 Å². The number of nitrogens with zero attached hydrogens (tertiary/aromatic N) is 2. The zero-order valence-corrected chi connectivity index (χ0v) is 15.4. The van der Waals surface area contributed by atoms with Crippen molar-refractivity contribution in [3.63, 3.8) is 0 Å². The van der Waals surface area contributed by atoms with E-state index in [-0.39, 0.29) is 30.3 Å². The zero-order chi connectivity index (χ0) is 18.7. The standard InChI is InChI=1S/C17H12F3IN4O.H2/c1-2-7-22-17-25-24-16(26-17)10-4-5-11(18)14(20)15(10)23-13-6-3-9(21)8-12(13)19;/h2-6,8,23H,1,7H2,(H,22,25);1H/i;1+1. The third-order valence-corrected chi connectivity index (χ3v) is 4.01. The molecular formula is C17H14F3IN4O. The average Bonchev–Trinajstić information content (AvgIpc) is 3.08. The lowest BCUT2D eigenvalue weighted by Crippen LogP contribution is -2.01. The van der Waals surface area contributed by atoms with Crippen LogP contribution in [0.2, 0.25) is 0 Å². The molecule has 0 amide bonds. The van der Waals surface area contributed by atoms with Gasteiger partial charge in [-0.25, -0.2) is 13.2 Å². The monoisotopic (exact) mass is 475 g/mol. The SMILES string of the molecule is C=CCNc1nnc(-c2ccc(F)c(F)c2Nc2ccc(I)cc2F)o1.[2HH]. The van der Waals surface area contributed by atoms with Gasteiger partial charge in [0.25, 0.3) is 5.89 Å². The fraction of sp³-hybridized carbons (Fsp3) is 0.0588. The van der Waals surface area contributed by atoms with Crippen LogP contribution in [0.5, 0.6) is 0 Å². The minimum atomic E-state index is -1.18. The fourth-order valence-corrected chi connectivity index (χ4v) is 2.59. The molecule has 0 aliphatic carbocycles. The van der Waals surface area contributed by atoms with Crippen LogP contribution >= 0.6 is 22.6 Å². The second-order valence-electron chi connectivity index (χ2n) is 5.12. The molecule has 26 heavy (non-hydrogen) atoms. The van der Waals surface area contributed by atoms with Crippen molar-refractivity contribution in [2.45, 2.75) is 0 Å². The highest BCUT2D eigenvalue weighted by Gasteiger charge is 2.20. The average molecular weight is 475 g/mol. The van der Waals surface area contributed by atoms with Crippen LogP contribution in [0.3, 0.4) is 0 Å². The van der Waals surface area contributed by atoms with Crippen LogP contribution in [-0.4, -0.2) is 16.7 Å². The van der Waals surface area contributed by atoms with Gasteiger partial charge in [0.1, 0.15) is 5.82 Å². The number of benzene rings is 2. The summed E-state index contributed by atoms with van der Waals surface area (Å²) in [6, 6.07) is 6.63. The summed E-state index contributed by atoms with van der Waals surface area (Å²) in [5, 5.41) is 12.9. The predicted octanol–water partition coefficient (Wildman–Crippen LogP) is 5.35. The Morgan fingerprint density at radius 2 is 1.96 bits per heavy atom. The van der Waals surface area contributed by atoms with Crippen LogP contribution < -0.4 is 10.6 Å². The van der Waals surface area contributed by atoms with Gasteiger partial charge in [0.05, 0.1) is 16.9 Å². The Kier molecular flexibility index (Phi) is 5.45. The third kappa shape index (κ3) is 3.82. The van der Waals surface area contributed by atoms with Gasteiger partial charge in [-0.05, 0) is 52.9 Å². The van der Waals surface area contributed by atoms with Crippen molar-refractivity contribution >= 4 is 40.0 Å². The summed E-state index contributed by atoms with van der Waals surface area (Å²) in [7, 11) is 0. The summed E-state index contributed by atoms with van der Waals surface area (Å²) in [5.74, 6) is -2.93. The van der Waals surface area contributed by atoms with Crippen LogP contribution in [0, 0.1) is 21.0 Å². The first-order valence-electron chi connectivity index (χ1n) is 7.38. The van der Waals surface area contributed by atoms with Crippen LogP contribution in [-0.2, 0) is 0 Å². The fourth-order valence-electron chi connectivity index (χ4n) is 2.14. The van der Waals surface area contributed by atoms with Gasteiger partial charge in [0.15, 0.2) is 11.6 Å².